The molecule has 2 fully saturated rings. The molecule has 2 rings (SSSR count). The van der Waals surface area contributed by atoms with Gasteiger partial charge in [-0.15, -0.1) is 0 Å². The van der Waals surface area contributed by atoms with Crippen molar-refractivity contribution in [1.82, 2.24) is 9.62 Å². The predicted octanol–water partition coefficient (Wildman–Crippen LogP) is 1.37. The first-order valence-corrected chi connectivity index (χ1v) is 10.4. The third-order valence-corrected chi connectivity index (χ3v) is 6.23. The van der Waals surface area contributed by atoms with Gasteiger partial charge >= 0.3 is 0 Å². The number of hydrogen-bond acceptors (Lipinski definition) is 4. The largest absolute Gasteiger partial charge is 0.381 e. The molecule has 0 aromatic heterocycles. The van der Waals surface area contributed by atoms with Gasteiger partial charge in [0.1, 0.15) is 5.75 Å². The van der Waals surface area contributed by atoms with Crippen molar-refractivity contribution in [1.29, 1.82) is 0 Å². The Morgan fingerprint density at radius 3 is 2.48 bits per heavy atom. The molecule has 1 aliphatic heterocycles. The van der Waals surface area contributed by atoms with Gasteiger partial charge in [-0.1, -0.05) is 6.92 Å². The molecule has 1 saturated heterocycles. The van der Waals surface area contributed by atoms with Gasteiger partial charge in [-0.05, 0) is 44.9 Å². The first-order valence-electron chi connectivity index (χ1n) is 8.75. The summed E-state index contributed by atoms with van der Waals surface area (Å²) in [5, 5.41) is 0. The first-order chi connectivity index (χ1) is 10.9. The van der Waals surface area contributed by atoms with Gasteiger partial charge < -0.3 is 9.64 Å². The summed E-state index contributed by atoms with van der Waals surface area (Å²) in [5.74, 6) is 0.243. The molecule has 0 unspecified atom stereocenters. The normalized spacial score (nSPS) is 28.7. The van der Waals surface area contributed by atoms with E-state index < -0.39 is 15.8 Å². The minimum Gasteiger partial charge on any atom is -0.381 e. The van der Waals surface area contributed by atoms with Crippen LogP contribution in [0.15, 0.2) is 0 Å². The molecule has 0 radical (unpaired) electrons. The molecule has 0 aromatic rings. The fourth-order valence-electron chi connectivity index (χ4n) is 3.37. The number of carbonyl (C=O) groups excluding carboxylic acids is 1. The molecule has 1 amide bonds. The van der Waals surface area contributed by atoms with E-state index in [-0.39, 0.29) is 11.9 Å². The number of rotatable bonds is 7. The summed E-state index contributed by atoms with van der Waals surface area (Å²) in [6.07, 6.45) is 4.76. The van der Waals surface area contributed by atoms with Crippen molar-refractivity contribution in [3.05, 3.63) is 0 Å². The van der Waals surface area contributed by atoms with Crippen molar-refractivity contribution in [3.63, 3.8) is 0 Å². The fraction of sp³-hybridized carbons (Fsp3) is 0.938. The van der Waals surface area contributed by atoms with Crippen LogP contribution in [0, 0.1) is 11.8 Å². The summed E-state index contributed by atoms with van der Waals surface area (Å²) >= 11 is 0. The lowest BCUT2D eigenvalue weighted by Gasteiger charge is -2.27. The summed E-state index contributed by atoms with van der Waals surface area (Å²) in [7, 11) is -3.56. The van der Waals surface area contributed by atoms with Gasteiger partial charge in [0.05, 0.1) is 6.61 Å². The van der Waals surface area contributed by atoms with Crippen molar-refractivity contribution in [2.45, 2.75) is 52.0 Å². The average Bonchev–Trinajstić information content (AvgIpc) is 2.99. The second-order valence-corrected chi connectivity index (χ2v) is 8.75. The Hall–Kier alpha value is -0.660. The van der Waals surface area contributed by atoms with Crippen molar-refractivity contribution in [2.75, 3.05) is 32.1 Å². The van der Waals surface area contributed by atoms with E-state index in [0.717, 1.165) is 38.7 Å². The van der Waals surface area contributed by atoms with E-state index >= 15 is 0 Å². The molecule has 1 heterocycles. The quantitative estimate of drug-likeness (QED) is 0.755. The SMILES string of the molecule is CCN(C[C@@H]1CCOC1)C(=O)CS(=O)(=O)NC1CCC(C)CC1. The number of nitrogens with zero attached hydrogens (tertiary/aromatic N) is 1. The van der Waals surface area contributed by atoms with Gasteiger partial charge in [-0.25, -0.2) is 13.1 Å². The summed E-state index contributed by atoms with van der Waals surface area (Å²) in [4.78, 5) is 14.0. The Labute approximate surface area is 140 Å². The van der Waals surface area contributed by atoms with Gasteiger partial charge in [-0.3, -0.25) is 4.79 Å². The zero-order valence-corrected chi connectivity index (χ0v) is 15.1. The topological polar surface area (TPSA) is 75.7 Å². The van der Waals surface area contributed by atoms with Crippen LogP contribution in [0.4, 0.5) is 0 Å². The maximum Gasteiger partial charge on any atom is 0.239 e. The first kappa shape index (κ1) is 18.7. The molecule has 2 aliphatic rings. The van der Waals surface area contributed by atoms with Crippen LogP contribution in [0.5, 0.6) is 0 Å². The molecule has 1 saturated carbocycles. The maximum absolute atomic E-state index is 12.3. The van der Waals surface area contributed by atoms with Gasteiger partial charge in [-0.2, -0.15) is 0 Å². The summed E-state index contributed by atoms with van der Waals surface area (Å²) < 4.78 is 32.6. The number of carbonyl (C=O) groups is 1. The van der Waals surface area contributed by atoms with E-state index in [1.807, 2.05) is 6.92 Å². The van der Waals surface area contributed by atoms with Crippen molar-refractivity contribution in [2.24, 2.45) is 11.8 Å². The van der Waals surface area contributed by atoms with E-state index in [1.54, 1.807) is 4.90 Å². The van der Waals surface area contributed by atoms with Crippen molar-refractivity contribution < 1.29 is 17.9 Å². The predicted molar refractivity (Wildman–Crippen MR) is 89.5 cm³/mol. The third kappa shape index (κ3) is 6.04. The third-order valence-electron chi connectivity index (χ3n) is 4.91. The molecule has 0 spiro atoms. The van der Waals surface area contributed by atoms with Crippen molar-refractivity contribution in [3.8, 4) is 0 Å². The summed E-state index contributed by atoms with van der Waals surface area (Å²) in [6.45, 7) is 6.60. The number of ether oxygens (including phenoxy) is 1. The van der Waals surface area contributed by atoms with Gasteiger partial charge in [0.25, 0.3) is 0 Å². The number of nitrogens with one attached hydrogen (secondary N) is 1. The smallest absolute Gasteiger partial charge is 0.239 e. The van der Waals surface area contributed by atoms with E-state index in [0.29, 0.717) is 31.5 Å². The molecule has 1 N–H and O–H groups in total. The molecule has 6 nitrogen and oxygen atoms in total. The highest BCUT2D eigenvalue weighted by Crippen LogP contribution is 2.24. The number of sulfonamides is 1. The summed E-state index contributed by atoms with van der Waals surface area (Å²) in [6, 6.07) is -0.0118. The van der Waals surface area contributed by atoms with Crippen LogP contribution in [0.3, 0.4) is 0 Å². The fourth-order valence-corrected chi connectivity index (χ4v) is 4.71. The second kappa shape index (κ2) is 8.44. The minimum atomic E-state index is -3.56. The zero-order valence-electron chi connectivity index (χ0n) is 14.3. The monoisotopic (exact) mass is 346 g/mol. The second-order valence-electron chi connectivity index (χ2n) is 7.00. The lowest BCUT2D eigenvalue weighted by molar-refractivity contribution is -0.128. The Bertz CT molecular complexity index is 480. The van der Waals surface area contributed by atoms with Crippen LogP contribution in [-0.4, -0.2) is 57.3 Å². The number of amides is 1. The van der Waals surface area contributed by atoms with E-state index in [2.05, 4.69) is 11.6 Å². The minimum absolute atomic E-state index is 0.0118. The van der Waals surface area contributed by atoms with Crippen LogP contribution in [0.2, 0.25) is 0 Å². The van der Waals surface area contributed by atoms with Crippen LogP contribution in [-0.2, 0) is 19.6 Å². The Kier molecular flexibility index (Phi) is 6.85. The van der Waals surface area contributed by atoms with E-state index in [9.17, 15) is 13.2 Å². The number of hydrogen-bond donors (Lipinski definition) is 1. The Morgan fingerprint density at radius 1 is 1.22 bits per heavy atom. The highest BCUT2D eigenvalue weighted by atomic mass is 32.2. The molecule has 0 aromatic carbocycles. The van der Waals surface area contributed by atoms with Crippen molar-refractivity contribution >= 4 is 15.9 Å². The van der Waals surface area contributed by atoms with Gasteiger partial charge in [0.15, 0.2) is 0 Å². The maximum atomic E-state index is 12.3. The molecule has 23 heavy (non-hydrogen) atoms. The molecule has 1 aliphatic carbocycles. The molecule has 0 bridgehead atoms. The van der Waals surface area contributed by atoms with E-state index in [1.165, 1.54) is 0 Å². The molecule has 7 heteroatoms. The molecular weight excluding hydrogens is 316 g/mol. The average molecular weight is 346 g/mol. The molecule has 134 valence electrons. The molecular formula is C16H30N2O4S. The highest BCUT2D eigenvalue weighted by Gasteiger charge is 2.28. The van der Waals surface area contributed by atoms with Crippen LogP contribution in [0.25, 0.3) is 0 Å². The lowest BCUT2D eigenvalue weighted by Crippen LogP contribution is -2.44. The van der Waals surface area contributed by atoms with Crippen LogP contribution >= 0.6 is 0 Å². The summed E-state index contributed by atoms with van der Waals surface area (Å²) in [5.41, 5.74) is 0. The Morgan fingerprint density at radius 2 is 1.91 bits per heavy atom. The standard InChI is InChI=1S/C16H30N2O4S/c1-3-18(10-14-8-9-22-11-14)16(19)12-23(20,21)17-15-6-4-13(2)5-7-15/h13-15,17H,3-12H2,1-2H3/t13?,14-,15?/m0/s1. The lowest BCUT2D eigenvalue weighted by atomic mass is 9.88. The van der Waals surface area contributed by atoms with Crippen LogP contribution < -0.4 is 4.72 Å². The van der Waals surface area contributed by atoms with E-state index in [4.69, 9.17) is 4.74 Å². The zero-order chi connectivity index (χ0) is 16.9. The van der Waals surface area contributed by atoms with Gasteiger partial charge in [0, 0.05) is 31.7 Å². The van der Waals surface area contributed by atoms with Gasteiger partial charge in [0.2, 0.25) is 15.9 Å². The molecule has 1 atom stereocenters. The highest BCUT2D eigenvalue weighted by molar-refractivity contribution is 7.90. The van der Waals surface area contributed by atoms with Crippen LogP contribution in [0.1, 0.15) is 46.0 Å². The Balaban J connectivity index is 1.83.